The van der Waals surface area contributed by atoms with Crippen molar-refractivity contribution in [2.24, 2.45) is 0 Å². The minimum atomic E-state index is 0.0203. The van der Waals surface area contributed by atoms with Gasteiger partial charge >= 0.3 is 0 Å². The molecule has 0 spiro atoms. The largest absolute Gasteiger partial charge is 0.365 e. The van der Waals surface area contributed by atoms with Crippen LogP contribution in [0.5, 0.6) is 0 Å². The summed E-state index contributed by atoms with van der Waals surface area (Å²) < 4.78 is 0. The molecule has 5 heteroatoms. The second-order valence-electron chi connectivity index (χ2n) is 5.93. The van der Waals surface area contributed by atoms with Crippen LogP contribution in [0.1, 0.15) is 34.5 Å². The van der Waals surface area contributed by atoms with E-state index in [4.69, 9.17) is 0 Å². The lowest BCUT2D eigenvalue weighted by molar-refractivity contribution is 0.0900. The zero-order valence-corrected chi connectivity index (χ0v) is 12.9. The van der Waals surface area contributed by atoms with Crippen LogP contribution in [-0.2, 0) is 6.54 Å². The van der Waals surface area contributed by atoms with Crippen LogP contribution in [0.2, 0.25) is 0 Å². The number of rotatable bonds is 4. The van der Waals surface area contributed by atoms with Gasteiger partial charge in [0.1, 0.15) is 0 Å². The molecule has 1 amide bonds. The Hall–Kier alpha value is -2.14. The minimum absolute atomic E-state index is 0.0203. The molecule has 3 rings (SSSR count). The van der Waals surface area contributed by atoms with Crippen LogP contribution in [0.3, 0.4) is 0 Å². The summed E-state index contributed by atoms with van der Waals surface area (Å²) in [6.45, 7) is 4.78. The molecule has 0 bridgehead atoms. The lowest BCUT2D eigenvalue weighted by Crippen LogP contribution is -2.47. The number of aromatic nitrogens is 2. The molecule has 116 valence electrons. The monoisotopic (exact) mass is 298 g/mol. The molecular weight excluding hydrogens is 276 g/mol. The summed E-state index contributed by atoms with van der Waals surface area (Å²) in [5.41, 5.74) is 2.88. The summed E-state index contributed by atoms with van der Waals surface area (Å²) in [5, 5.41) is 3.16. The van der Waals surface area contributed by atoms with Gasteiger partial charge in [-0.25, -0.2) is 0 Å². The molecular formula is C17H22N4O. The van der Waals surface area contributed by atoms with E-state index in [2.05, 4.69) is 26.3 Å². The molecule has 1 fully saturated rings. The summed E-state index contributed by atoms with van der Waals surface area (Å²) in [6.07, 6.45) is 7.66. The Bertz CT molecular complexity index is 623. The van der Waals surface area contributed by atoms with E-state index in [0.717, 1.165) is 43.7 Å². The molecule has 1 aliphatic rings. The number of H-pyrrole nitrogens is 1. The SMILES string of the molecule is Cc1[nH]ccc1C(=O)N[C@H]1CCCN(Cc2cccnc2)C1. The zero-order valence-electron chi connectivity index (χ0n) is 12.9. The first-order chi connectivity index (χ1) is 10.7. The summed E-state index contributed by atoms with van der Waals surface area (Å²) in [5.74, 6) is 0.0203. The van der Waals surface area contributed by atoms with Gasteiger partial charge in [-0.3, -0.25) is 14.7 Å². The molecule has 2 N–H and O–H groups in total. The van der Waals surface area contributed by atoms with E-state index in [-0.39, 0.29) is 11.9 Å². The summed E-state index contributed by atoms with van der Waals surface area (Å²) in [4.78, 5) is 21.9. The number of amides is 1. The first kappa shape index (κ1) is 14.8. The highest BCUT2D eigenvalue weighted by Gasteiger charge is 2.22. The fraction of sp³-hybridized carbons (Fsp3) is 0.412. The van der Waals surface area contributed by atoms with Crippen molar-refractivity contribution in [3.8, 4) is 0 Å². The molecule has 0 saturated carbocycles. The smallest absolute Gasteiger partial charge is 0.253 e. The Morgan fingerprint density at radius 2 is 2.41 bits per heavy atom. The second kappa shape index (κ2) is 6.75. The Balaban J connectivity index is 1.57. The van der Waals surface area contributed by atoms with Gasteiger partial charge in [0.05, 0.1) is 5.56 Å². The van der Waals surface area contributed by atoms with Crippen LogP contribution in [0, 0.1) is 6.92 Å². The number of piperidine rings is 1. The van der Waals surface area contributed by atoms with E-state index in [1.165, 1.54) is 5.56 Å². The van der Waals surface area contributed by atoms with Crippen molar-refractivity contribution in [1.82, 2.24) is 20.2 Å². The maximum absolute atomic E-state index is 12.3. The molecule has 1 saturated heterocycles. The molecule has 0 unspecified atom stereocenters. The maximum atomic E-state index is 12.3. The Labute approximate surface area is 130 Å². The first-order valence-electron chi connectivity index (χ1n) is 7.78. The third-order valence-corrected chi connectivity index (χ3v) is 4.17. The maximum Gasteiger partial charge on any atom is 0.253 e. The molecule has 2 aromatic heterocycles. The quantitative estimate of drug-likeness (QED) is 0.909. The van der Waals surface area contributed by atoms with Gasteiger partial charge in [-0.05, 0) is 44.0 Å². The van der Waals surface area contributed by atoms with Crippen molar-refractivity contribution < 1.29 is 4.79 Å². The number of aryl methyl sites for hydroxylation is 1. The molecule has 2 aromatic rings. The van der Waals surface area contributed by atoms with Gasteiger partial charge in [0.25, 0.3) is 5.91 Å². The Morgan fingerprint density at radius 1 is 1.50 bits per heavy atom. The average Bonchev–Trinajstić information content (AvgIpc) is 2.95. The highest BCUT2D eigenvalue weighted by atomic mass is 16.1. The number of carbonyl (C=O) groups excluding carboxylic acids is 1. The third-order valence-electron chi connectivity index (χ3n) is 4.17. The van der Waals surface area contributed by atoms with Gasteiger partial charge in [0.15, 0.2) is 0 Å². The predicted octanol–water partition coefficient (Wildman–Crippen LogP) is 2.11. The molecule has 0 aromatic carbocycles. The van der Waals surface area contributed by atoms with E-state index in [1.54, 1.807) is 12.4 Å². The van der Waals surface area contributed by atoms with Crippen LogP contribution in [0.25, 0.3) is 0 Å². The van der Waals surface area contributed by atoms with E-state index in [9.17, 15) is 4.79 Å². The molecule has 0 radical (unpaired) electrons. The molecule has 5 nitrogen and oxygen atoms in total. The van der Waals surface area contributed by atoms with Gasteiger partial charge in [0.2, 0.25) is 0 Å². The van der Waals surface area contributed by atoms with Gasteiger partial charge in [-0.2, -0.15) is 0 Å². The van der Waals surface area contributed by atoms with E-state index < -0.39 is 0 Å². The van der Waals surface area contributed by atoms with Crippen molar-refractivity contribution in [3.63, 3.8) is 0 Å². The number of nitrogens with one attached hydrogen (secondary N) is 2. The molecule has 0 aliphatic carbocycles. The van der Waals surface area contributed by atoms with E-state index in [1.807, 2.05) is 25.3 Å². The van der Waals surface area contributed by atoms with Gasteiger partial charge in [-0.1, -0.05) is 6.07 Å². The number of nitrogens with zero attached hydrogens (tertiary/aromatic N) is 2. The van der Waals surface area contributed by atoms with Crippen LogP contribution >= 0.6 is 0 Å². The van der Waals surface area contributed by atoms with Crippen molar-refractivity contribution in [2.45, 2.75) is 32.4 Å². The van der Waals surface area contributed by atoms with Gasteiger partial charge in [0, 0.05) is 43.4 Å². The highest BCUT2D eigenvalue weighted by molar-refractivity contribution is 5.95. The standard InChI is InChI=1S/C17H22N4O/c1-13-16(6-8-19-13)17(22)20-15-5-3-9-21(12-15)11-14-4-2-7-18-10-14/h2,4,6-8,10,15,19H,3,5,9,11-12H2,1H3,(H,20,22)/t15-/m0/s1. The van der Waals surface area contributed by atoms with E-state index >= 15 is 0 Å². The topological polar surface area (TPSA) is 61.0 Å². The van der Waals surface area contributed by atoms with Gasteiger partial charge in [-0.15, -0.1) is 0 Å². The van der Waals surface area contributed by atoms with Crippen LogP contribution < -0.4 is 5.32 Å². The lowest BCUT2D eigenvalue weighted by Gasteiger charge is -2.33. The molecule has 1 atom stereocenters. The van der Waals surface area contributed by atoms with Crippen LogP contribution in [0.4, 0.5) is 0 Å². The second-order valence-corrected chi connectivity index (χ2v) is 5.93. The number of hydrogen-bond acceptors (Lipinski definition) is 3. The first-order valence-corrected chi connectivity index (χ1v) is 7.78. The summed E-state index contributed by atoms with van der Waals surface area (Å²) in [7, 11) is 0. The molecule has 3 heterocycles. The number of pyridine rings is 1. The zero-order chi connectivity index (χ0) is 15.4. The Morgan fingerprint density at radius 3 is 3.14 bits per heavy atom. The van der Waals surface area contributed by atoms with Gasteiger partial charge < -0.3 is 10.3 Å². The molecule has 22 heavy (non-hydrogen) atoms. The van der Waals surface area contributed by atoms with Crippen molar-refractivity contribution >= 4 is 5.91 Å². The average molecular weight is 298 g/mol. The number of hydrogen-bond donors (Lipinski definition) is 2. The molecule has 1 aliphatic heterocycles. The van der Waals surface area contributed by atoms with Crippen LogP contribution in [0.15, 0.2) is 36.8 Å². The Kier molecular flexibility index (Phi) is 4.53. The fourth-order valence-electron chi connectivity index (χ4n) is 3.03. The predicted molar refractivity (Wildman–Crippen MR) is 85.5 cm³/mol. The minimum Gasteiger partial charge on any atom is -0.365 e. The summed E-state index contributed by atoms with van der Waals surface area (Å²) in [6, 6.07) is 6.11. The fourth-order valence-corrected chi connectivity index (χ4v) is 3.03. The number of likely N-dealkylation sites (tertiary alicyclic amines) is 1. The number of aromatic amines is 1. The van der Waals surface area contributed by atoms with Crippen molar-refractivity contribution in [3.05, 3.63) is 53.6 Å². The highest BCUT2D eigenvalue weighted by Crippen LogP contribution is 2.14. The van der Waals surface area contributed by atoms with Crippen molar-refractivity contribution in [2.75, 3.05) is 13.1 Å². The lowest BCUT2D eigenvalue weighted by atomic mass is 10.0. The summed E-state index contributed by atoms with van der Waals surface area (Å²) >= 11 is 0. The normalized spacial score (nSPS) is 19.0. The van der Waals surface area contributed by atoms with Crippen molar-refractivity contribution in [1.29, 1.82) is 0 Å². The van der Waals surface area contributed by atoms with Crippen LogP contribution in [-0.4, -0.2) is 39.9 Å². The number of carbonyl (C=O) groups is 1. The van der Waals surface area contributed by atoms with E-state index in [0.29, 0.717) is 0 Å². The third kappa shape index (κ3) is 3.54.